The molecule has 1 aliphatic rings. The average molecular weight is 290 g/mol. The molecule has 4 nitrogen and oxygen atoms in total. The zero-order chi connectivity index (χ0) is 15.3. The molecule has 0 aromatic heterocycles. The van der Waals surface area contributed by atoms with Crippen molar-refractivity contribution in [1.82, 2.24) is 5.32 Å². The normalized spacial score (nSPS) is 16.6. The van der Waals surface area contributed by atoms with Crippen LogP contribution >= 0.6 is 0 Å². The molecule has 1 fully saturated rings. The number of hydrogen-bond donors (Lipinski definition) is 2. The zero-order valence-corrected chi connectivity index (χ0v) is 13.2. The summed E-state index contributed by atoms with van der Waals surface area (Å²) in [6.45, 7) is 5.05. The second-order valence-electron chi connectivity index (χ2n) is 6.20. The van der Waals surface area contributed by atoms with Crippen molar-refractivity contribution in [2.24, 2.45) is 0 Å². The van der Waals surface area contributed by atoms with Gasteiger partial charge in [-0.3, -0.25) is 4.79 Å². The van der Waals surface area contributed by atoms with Gasteiger partial charge in [0.15, 0.2) is 0 Å². The molecule has 4 heteroatoms. The third kappa shape index (κ3) is 4.55. The molecule has 0 heterocycles. The van der Waals surface area contributed by atoms with Gasteiger partial charge < -0.3 is 15.4 Å². The van der Waals surface area contributed by atoms with Crippen LogP contribution in [0.4, 0.5) is 5.69 Å². The van der Waals surface area contributed by atoms with Gasteiger partial charge in [-0.05, 0) is 37.0 Å². The van der Waals surface area contributed by atoms with Crippen LogP contribution in [0.5, 0.6) is 0 Å². The monoisotopic (exact) mass is 290 g/mol. The highest BCUT2D eigenvalue weighted by atomic mass is 16.5. The Morgan fingerprint density at radius 1 is 1.38 bits per heavy atom. The van der Waals surface area contributed by atoms with Gasteiger partial charge in [-0.2, -0.15) is 0 Å². The van der Waals surface area contributed by atoms with Crippen molar-refractivity contribution in [2.45, 2.75) is 57.7 Å². The predicted octanol–water partition coefficient (Wildman–Crippen LogP) is 3.08. The lowest BCUT2D eigenvalue weighted by Crippen LogP contribution is -2.42. The highest BCUT2D eigenvalue weighted by Gasteiger charge is 2.38. The topological polar surface area (TPSA) is 50.4 Å². The molecule has 0 spiro atoms. The Morgan fingerprint density at radius 2 is 2.14 bits per heavy atom. The van der Waals surface area contributed by atoms with E-state index in [2.05, 4.69) is 30.5 Å². The van der Waals surface area contributed by atoms with E-state index in [0.717, 1.165) is 31.5 Å². The number of ether oxygens (including phenoxy) is 1. The minimum absolute atomic E-state index is 0.0329. The van der Waals surface area contributed by atoms with Gasteiger partial charge in [0, 0.05) is 25.4 Å². The van der Waals surface area contributed by atoms with Crippen molar-refractivity contribution in [1.29, 1.82) is 0 Å². The number of rotatable bonds is 7. The number of anilines is 1. The third-order valence-electron chi connectivity index (χ3n) is 4.11. The number of carbonyl (C=O) groups is 1. The number of hydrogen-bond acceptors (Lipinski definition) is 3. The quantitative estimate of drug-likeness (QED) is 0.811. The van der Waals surface area contributed by atoms with E-state index in [9.17, 15) is 4.79 Å². The molecule has 1 aliphatic carbocycles. The first kappa shape index (κ1) is 16.0. The molecular formula is C17H26N2O2. The molecule has 0 atom stereocenters. The molecule has 1 amide bonds. The molecule has 0 bridgehead atoms. The zero-order valence-electron chi connectivity index (χ0n) is 13.2. The van der Waals surface area contributed by atoms with Crippen LogP contribution in [0.25, 0.3) is 0 Å². The van der Waals surface area contributed by atoms with Gasteiger partial charge in [0.1, 0.15) is 0 Å². The highest BCUT2D eigenvalue weighted by molar-refractivity contribution is 5.91. The fraction of sp³-hybridized carbons (Fsp3) is 0.588. The summed E-state index contributed by atoms with van der Waals surface area (Å²) in [7, 11) is 1.70. The first-order valence-electron chi connectivity index (χ1n) is 7.70. The van der Waals surface area contributed by atoms with Crippen molar-refractivity contribution in [3.63, 3.8) is 0 Å². The predicted molar refractivity (Wildman–Crippen MR) is 85.3 cm³/mol. The Kier molecular flexibility index (Phi) is 5.37. The van der Waals surface area contributed by atoms with Crippen molar-refractivity contribution >= 4 is 11.6 Å². The second-order valence-corrected chi connectivity index (χ2v) is 6.20. The fourth-order valence-electron chi connectivity index (χ4n) is 2.60. The summed E-state index contributed by atoms with van der Waals surface area (Å²) in [4.78, 5) is 12.2. The molecule has 0 saturated heterocycles. The van der Waals surface area contributed by atoms with Gasteiger partial charge in [0.2, 0.25) is 5.91 Å². The molecule has 116 valence electrons. The largest absolute Gasteiger partial charge is 0.378 e. The van der Waals surface area contributed by atoms with Crippen LogP contribution in [0.3, 0.4) is 0 Å². The van der Waals surface area contributed by atoms with Crippen LogP contribution in [0.2, 0.25) is 0 Å². The second kappa shape index (κ2) is 7.05. The van der Waals surface area contributed by atoms with Crippen LogP contribution in [0.1, 0.15) is 45.1 Å². The third-order valence-corrected chi connectivity index (χ3v) is 4.11. The lowest BCUT2D eigenvalue weighted by atomic mass is 9.77. The minimum Gasteiger partial charge on any atom is -0.378 e. The van der Waals surface area contributed by atoms with Gasteiger partial charge in [0.05, 0.1) is 12.0 Å². The smallest absolute Gasteiger partial charge is 0.227 e. The lowest BCUT2D eigenvalue weighted by molar-refractivity contribution is -0.129. The molecule has 2 rings (SSSR count). The first-order chi connectivity index (χ1) is 10.0. The average Bonchev–Trinajstić information content (AvgIpc) is 2.41. The summed E-state index contributed by atoms with van der Waals surface area (Å²) in [6, 6.07) is 8.43. The Labute approximate surface area is 127 Å². The molecule has 1 aromatic rings. The van der Waals surface area contributed by atoms with E-state index in [1.54, 1.807) is 7.11 Å². The Bertz CT molecular complexity index is 476. The van der Waals surface area contributed by atoms with Crippen molar-refractivity contribution in [3.05, 3.63) is 29.8 Å². The number of carbonyl (C=O) groups excluding carboxylic acids is 1. The molecule has 0 radical (unpaired) electrons. The van der Waals surface area contributed by atoms with Crippen molar-refractivity contribution in [3.8, 4) is 0 Å². The molecule has 0 unspecified atom stereocenters. The van der Waals surface area contributed by atoms with E-state index in [-0.39, 0.29) is 11.5 Å². The van der Waals surface area contributed by atoms with Gasteiger partial charge >= 0.3 is 0 Å². The van der Waals surface area contributed by atoms with Crippen LogP contribution < -0.4 is 10.6 Å². The Balaban J connectivity index is 1.90. The summed E-state index contributed by atoms with van der Waals surface area (Å²) in [5.74, 6) is 0.0329. The maximum Gasteiger partial charge on any atom is 0.227 e. The standard InChI is InChI=1S/C17H26N2O2/c1-13(2)18-12-14-6-4-7-15(10-14)19-16(20)11-17(21-3)8-5-9-17/h4,6-7,10,13,18H,5,8-9,11-12H2,1-3H3,(H,19,20). The molecule has 1 aromatic carbocycles. The summed E-state index contributed by atoms with van der Waals surface area (Å²) in [6.07, 6.45) is 3.56. The number of nitrogens with one attached hydrogen (secondary N) is 2. The molecule has 2 N–H and O–H groups in total. The lowest BCUT2D eigenvalue weighted by Gasteiger charge is -2.39. The van der Waals surface area contributed by atoms with Crippen LogP contribution in [-0.2, 0) is 16.1 Å². The Hall–Kier alpha value is -1.39. The van der Waals surface area contributed by atoms with Crippen molar-refractivity contribution in [2.75, 3.05) is 12.4 Å². The first-order valence-corrected chi connectivity index (χ1v) is 7.70. The maximum atomic E-state index is 12.2. The summed E-state index contributed by atoms with van der Waals surface area (Å²) in [5.41, 5.74) is 1.81. The van der Waals surface area contributed by atoms with E-state index in [0.29, 0.717) is 12.5 Å². The summed E-state index contributed by atoms with van der Waals surface area (Å²) < 4.78 is 5.50. The summed E-state index contributed by atoms with van der Waals surface area (Å²) in [5, 5.41) is 6.36. The van der Waals surface area contributed by atoms with Crippen LogP contribution in [-0.4, -0.2) is 24.7 Å². The maximum absolute atomic E-state index is 12.2. The van der Waals surface area contributed by atoms with E-state index >= 15 is 0 Å². The molecule has 0 aliphatic heterocycles. The van der Waals surface area contributed by atoms with E-state index in [4.69, 9.17) is 4.74 Å². The number of amides is 1. The number of benzene rings is 1. The minimum atomic E-state index is -0.221. The fourth-order valence-corrected chi connectivity index (χ4v) is 2.60. The van der Waals surface area contributed by atoms with Gasteiger partial charge in [-0.1, -0.05) is 26.0 Å². The molecule has 1 saturated carbocycles. The summed E-state index contributed by atoms with van der Waals surface area (Å²) >= 11 is 0. The molecule has 21 heavy (non-hydrogen) atoms. The van der Waals surface area contributed by atoms with Gasteiger partial charge in [-0.15, -0.1) is 0 Å². The van der Waals surface area contributed by atoms with E-state index in [1.807, 2.05) is 18.2 Å². The molecular weight excluding hydrogens is 264 g/mol. The number of methoxy groups -OCH3 is 1. The van der Waals surface area contributed by atoms with Crippen LogP contribution in [0, 0.1) is 0 Å². The van der Waals surface area contributed by atoms with E-state index in [1.165, 1.54) is 5.56 Å². The van der Waals surface area contributed by atoms with Crippen LogP contribution in [0.15, 0.2) is 24.3 Å². The highest BCUT2D eigenvalue weighted by Crippen LogP contribution is 2.38. The van der Waals surface area contributed by atoms with Gasteiger partial charge in [0.25, 0.3) is 0 Å². The van der Waals surface area contributed by atoms with Gasteiger partial charge in [-0.25, -0.2) is 0 Å². The van der Waals surface area contributed by atoms with E-state index < -0.39 is 0 Å². The SMILES string of the molecule is COC1(CC(=O)Nc2cccc(CNC(C)C)c2)CCC1. The van der Waals surface area contributed by atoms with Crippen molar-refractivity contribution < 1.29 is 9.53 Å². The Morgan fingerprint density at radius 3 is 2.71 bits per heavy atom.